The van der Waals surface area contributed by atoms with Crippen molar-refractivity contribution in [3.05, 3.63) is 96.1 Å². The second kappa shape index (κ2) is 5.17. The van der Waals surface area contributed by atoms with E-state index in [-0.39, 0.29) is 23.4 Å². The van der Waals surface area contributed by atoms with Crippen LogP contribution in [0.1, 0.15) is 11.1 Å². The van der Waals surface area contributed by atoms with Crippen LogP contribution >= 0.6 is 0 Å². The summed E-state index contributed by atoms with van der Waals surface area (Å²) < 4.78 is 0. The molecule has 1 fully saturated rings. The third-order valence-electron chi connectivity index (χ3n) is 4.97. The second-order valence-electron chi connectivity index (χ2n) is 6.05. The maximum atomic E-state index is 13.2. The Balaban J connectivity index is 1.98. The predicted octanol–water partition coefficient (Wildman–Crippen LogP) is 3.48. The zero-order chi connectivity index (χ0) is 15.9. The number of carbonyl (C=O) groups excluding carboxylic acids is 2. The van der Waals surface area contributed by atoms with Crippen molar-refractivity contribution in [2.24, 2.45) is 11.8 Å². The van der Waals surface area contributed by atoms with Gasteiger partial charge in [0, 0.05) is 5.92 Å². The first-order valence-corrected chi connectivity index (χ1v) is 7.80. The van der Waals surface area contributed by atoms with Crippen LogP contribution in [0.25, 0.3) is 0 Å². The lowest BCUT2D eigenvalue weighted by molar-refractivity contribution is -0.147. The van der Waals surface area contributed by atoms with Crippen molar-refractivity contribution >= 4 is 11.6 Å². The van der Waals surface area contributed by atoms with Crippen LogP contribution in [0.15, 0.2) is 85.0 Å². The lowest BCUT2D eigenvalue weighted by atomic mass is 9.46. The van der Waals surface area contributed by atoms with Crippen LogP contribution in [0, 0.1) is 11.8 Å². The molecule has 0 heterocycles. The van der Waals surface area contributed by atoms with Crippen LogP contribution < -0.4 is 0 Å². The Labute approximate surface area is 135 Å². The van der Waals surface area contributed by atoms with Crippen molar-refractivity contribution < 1.29 is 9.59 Å². The fraction of sp³-hybridized carbons (Fsp3) is 0.143. The van der Waals surface area contributed by atoms with E-state index in [0.29, 0.717) is 0 Å². The molecule has 0 aromatic heterocycles. The predicted molar refractivity (Wildman–Crippen MR) is 88.9 cm³/mol. The number of hydrogen-bond acceptors (Lipinski definition) is 2. The second-order valence-corrected chi connectivity index (χ2v) is 6.05. The fourth-order valence-electron chi connectivity index (χ4n) is 3.98. The summed E-state index contributed by atoms with van der Waals surface area (Å²) in [6, 6.07) is 19.4. The molecule has 0 saturated heterocycles. The van der Waals surface area contributed by atoms with Crippen LogP contribution in [0.5, 0.6) is 0 Å². The van der Waals surface area contributed by atoms with Gasteiger partial charge in [0.15, 0.2) is 11.6 Å². The Hall–Kier alpha value is -2.74. The zero-order valence-corrected chi connectivity index (χ0v) is 12.6. The Kier molecular flexibility index (Phi) is 3.12. The van der Waals surface area contributed by atoms with Crippen molar-refractivity contribution in [2.45, 2.75) is 5.41 Å². The zero-order valence-electron chi connectivity index (χ0n) is 12.6. The summed E-state index contributed by atoms with van der Waals surface area (Å²) >= 11 is 0. The number of rotatable bonds is 2. The van der Waals surface area contributed by atoms with Crippen molar-refractivity contribution in [2.75, 3.05) is 0 Å². The third kappa shape index (κ3) is 1.81. The molecule has 4 rings (SSSR count). The van der Waals surface area contributed by atoms with E-state index in [9.17, 15) is 9.59 Å². The maximum Gasteiger partial charge on any atom is 0.161 e. The highest BCUT2D eigenvalue weighted by molar-refractivity contribution is 6.14. The van der Waals surface area contributed by atoms with E-state index >= 15 is 0 Å². The average Bonchev–Trinajstić information content (AvgIpc) is 2.77. The molecule has 112 valence electrons. The molecule has 0 amide bonds. The lowest BCUT2D eigenvalue weighted by Gasteiger charge is -2.52. The molecule has 1 saturated carbocycles. The topological polar surface area (TPSA) is 34.1 Å². The SMILES string of the molecule is O=C1C=CC=CC2C(=O)C(c3ccccc3)(c3ccccc3)C12. The van der Waals surface area contributed by atoms with Gasteiger partial charge in [-0.2, -0.15) is 0 Å². The number of fused-ring (bicyclic) bond motifs is 1. The van der Waals surface area contributed by atoms with Gasteiger partial charge >= 0.3 is 0 Å². The first kappa shape index (κ1) is 13.9. The molecule has 0 aliphatic heterocycles. The van der Waals surface area contributed by atoms with Crippen molar-refractivity contribution in [1.82, 2.24) is 0 Å². The number of carbonyl (C=O) groups is 2. The number of benzene rings is 2. The highest BCUT2D eigenvalue weighted by Gasteiger charge is 2.64. The van der Waals surface area contributed by atoms with Gasteiger partial charge in [0.05, 0.1) is 11.3 Å². The van der Waals surface area contributed by atoms with E-state index in [1.165, 1.54) is 0 Å². The van der Waals surface area contributed by atoms with Gasteiger partial charge in [-0.25, -0.2) is 0 Å². The summed E-state index contributed by atoms with van der Waals surface area (Å²) in [6.07, 6.45) is 6.99. The van der Waals surface area contributed by atoms with Crippen LogP contribution in [0.2, 0.25) is 0 Å². The molecule has 2 nitrogen and oxygen atoms in total. The van der Waals surface area contributed by atoms with Crippen LogP contribution in [-0.4, -0.2) is 11.6 Å². The number of Topliss-reactive ketones (excluding diaryl/α,β-unsaturated/α-hetero) is 1. The molecule has 23 heavy (non-hydrogen) atoms. The lowest BCUT2D eigenvalue weighted by Crippen LogP contribution is -2.63. The number of allylic oxidation sites excluding steroid dienone is 4. The standard InChI is InChI=1S/C21H16O2/c22-18-14-8-7-13-17-19(18)21(20(17)23,15-9-3-1-4-10-15)16-11-5-2-6-12-16/h1-14,17,19H. The average molecular weight is 300 g/mol. The molecule has 2 heteroatoms. The highest BCUT2D eigenvalue weighted by atomic mass is 16.1. The van der Waals surface area contributed by atoms with Crippen LogP contribution in [0.3, 0.4) is 0 Å². The highest BCUT2D eigenvalue weighted by Crippen LogP contribution is 2.55. The van der Waals surface area contributed by atoms with Crippen molar-refractivity contribution in [1.29, 1.82) is 0 Å². The molecule has 0 N–H and O–H groups in total. The molecule has 2 unspecified atom stereocenters. The summed E-state index contributed by atoms with van der Waals surface area (Å²) in [5.41, 5.74) is 0.924. The molecule has 0 spiro atoms. The van der Waals surface area contributed by atoms with E-state index in [4.69, 9.17) is 0 Å². The quantitative estimate of drug-likeness (QED) is 0.851. The van der Waals surface area contributed by atoms with Gasteiger partial charge in [-0.3, -0.25) is 9.59 Å². The maximum absolute atomic E-state index is 13.2. The minimum atomic E-state index is -0.872. The monoisotopic (exact) mass is 300 g/mol. The van der Waals surface area contributed by atoms with Crippen molar-refractivity contribution in [3.63, 3.8) is 0 Å². The van der Waals surface area contributed by atoms with Crippen LogP contribution in [0.4, 0.5) is 0 Å². The Morgan fingerprint density at radius 3 is 1.87 bits per heavy atom. The van der Waals surface area contributed by atoms with Gasteiger partial charge < -0.3 is 0 Å². The van der Waals surface area contributed by atoms with Gasteiger partial charge in [-0.15, -0.1) is 0 Å². The molecule has 2 aliphatic carbocycles. The minimum absolute atomic E-state index is 0.0207. The van der Waals surface area contributed by atoms with E-state index in [1.807, 2.05) is 66.7 Å². The molecule has 2 aromatic rings. The van der Waals surface area contributed by atoms with E-state index in [0.717, 1.165) is 11.1 Å². The van der Waals surface area contributed by atoms with E-state index < -0.39 is 5.41 Å². The van der Waals surface area contributed by atoms with Gasteiger partial charge in [0.2, 0.25) is 0 Å². The summed E-state index contributed by atoms with van der Waals surface area (Å²) in [5, 5.41) is 0. The van der Waals surface area contributed by atoms with Crippen molar-refractivity contribution in [3.8, 4) is 0 Å². The van der Waals surface area contributed by atoms with Gasteiger partial charge in [-0.1, -0.05) is 78.9 Å². The third-order valence-corrected chi connectivity index (χ3v) is 4.97. The summed E-state index contributed by atoms with van der Waals surface area (Å²) in [4.78, 5) is 25.9. The Morgan fingerprint density at radius 2 is 1.30 bits per heavy atom. The molecular weight excluding hydrogens is 284 g/mol. The minimum Gasteiger partial charge on any atom is -0.298 e. The summed E-state index contributed by atoms with van der Waals surface area (Å²) in [7, 11) is 0. The molecule has 2 aromatic carbocycles. The van der Waals surface area contributed by atoms with E-state index in [2.05, 4.69) is 0 Å². The number of ketones is 2. The van der Waals surface area contributed by atoms with Gasteiger partial charge in [-0.05, 0) is 17.2 Å². The molecule has 0 bridgehead atoms. The first-order valence-electron chi connectivity index (χ1n) is 7.80. The molecule has 2 aliphatic rings. The Bertz CT molecular complexity index is 776. The summed E-state index contributed by atoms with van der Waals surface area (Å²) in [5.74, 6) is -0.576. The normalized spacial score (nSPS) is 24.7. The van der Waals surface area contributed by atoms with Gasteiger partial charge in [0.25, 0.3) is 0 Å². The van der Waals surface area contributed by atoms with Gasteiger partial charge in [0.1, 0.15) is 0 Å². The molecule has 0 radical (unpaired) electrons. The first-order chi connectivity index (χ1) is 11.3. The smallest absolute Gasteiger partial charge is 0.161 e. The summed E-state index contributed by atoms with van der Waals surface area (Å²) in [6.45, 7) is 0. The van der Waals surface area contributed by atoms with E-state index in [1.54, 1.807) is 18.2 Å². The van der Waals surface area contributed by atoms with Crippen LogP contribution in [-0.2, 0) is 15.0 Å². The Morgan fingerprint density at radius 1 is 0.739 bits per heavy atom. The number of hydrogen-bond donors (Lipinski definition) is 0. The largest absolute Gasteiger partial charge is 0.298 e. The fourth-order valence-corrected chi connectivity index (χ4v) is 3.98. The molecule has 2 atom stereocenters. The molecular formula is C21H16O2.